The maximum Gasteiger partial charge on any atom is 0.124 e. The molecular formula is C12H13ClN2. The Labute approximate surface area is 93.9 Å². The normalized spacial score (nSPS) is 16.1. The summed E-state index contributed by atoms with van der Waals surface area (Å²) in [4.78, 5) is 4.54. The largest absolute Gasteiger partial charge is 0.327 e. The van der Waals surface area contributed by atoms with Gasteiger partial charge in [0.2, 0.25) is 0 Å². The molecule has 3 heteroatoms. The van der Waals surface area contributed by atoms with Crippen LogP contribution in [0.15, 0.2) is 24.3 Å². The first-order chi connectivity index (χ1) is 7.38. The molecule has 0 aliphatic heterocycles. The van der Waals surface area contributed by atoms with Crippen LogP contribution in [0.5, 0.6) is 0 Å². The van der Waals surface area contributed by atoms with Crippen molar-refractivity contribution in [3.63, 3.8) is 0 Å². The van der Waals surface area contributed by atoms with Crippen molar-refractivity contribution in [2.75, 3.05) is 0 Å². The highest BCUT2D eigenvalue weighted by Crippen LogP contribution is 2.32. The van der Waals surface area contributed by atoms with Crippen molar-refractivity contribution in [1.82, 2.24) is 9.55 Å². The summed E-state index contributed by atoms with van der Waals surface area (Å²) in [7, 11) is 0. The Kier molecular flexibility index (Phi) is 2.17. The predicted octanol–water partition coefficient (Wildman–Crippen LogP) is 3.19. The van der Waals surface area contributed by atoms with Crippen molar-refractivity contribution in [2.45, 2.75) is 25.3 Å². The van der Waals surface area contributed by atoms with Crippen molar-refractivity contribution in [1.29, 1.82) is 0 Å². The van der Waals surface area contributed by atoms with Gasteiger partial charge in [-0.2, -0.15) is 0 Å². The zero-order valence-electron chi connectivity index (χ0n) is 8.49. The average molecular weight is 221 g/mol. The van der Waals surface area contributed by atoms with E-state index in [-0.39, 0.29) is 0 Å². The molecule has 1 aromatic carbocycles. The minimum Gasteiger partial charge on any atom is -0.327 e. The summed E-state index contributed by atoms with van der Waals surface area (Å²) < 4.78 is 2.28. The monoisotopic (exact) mass is 220 g/mol. The molecule has 1 aliphatic carbocycles. The molecule has 15 heavy (non-hydrogen) atoms. The first kappa shape index (κ1) is 9.22. The van der Waals surface area contributed by atoms with Crippen LogP contribution in [0.1, 0.15) is 18.7 Å². The van der Waals surface area contributed by atoms with E-state index >= 15 is 0 Å². The topological polar surface area (TPSA) is 17.8 Å². The molecule has 1 heterocycles. The summed E-state index contributed by atoms with van der Waals surface area (Å²) in [5, 5.41) is 0. The lowest BCUT2D eigenvalue weighted by Crippen LogP contribution is -2.03. The highest BCUT2D eigenvalue weighted by Gasteiger charge is 2.23. The van der Waals surface area contributed by atoms with Gasteiger partial charge in [0.25, 0.3) is 0 Å². The van der Waals surface area contributed by atoms with E-state index in [1.54, 1.807) is 0 Å². The lowest BCUT2D eigenvalue weighted by Gasteiger charge is -2.05. The number of hydrogen-bond donors (Lipinski definition) is 0. The van der Waals surface area contributed by atoms with Gasteiger partial charge in [0.1, 0.15) is 5.82 Å². The van der Waals surface area contributed by atoms with Crippen LogP contribution in [0.3, 0.4) is 0 Å². The Morgan fingerprint density at radius 1 is 1.33 bits per heavy atom. The standard InChI is InChI=1S/C12H13ClN2/c13-7-12-14-10-3-1-2-4-11(10)15(12)8-9-5-6-9/h1-4,9H,5-8H2. The van der Waals surface area contributed by atoms with Gasteiger partial charge in [0, 0.05) is 6.54 Å². The van der Waals surface area contributed by atoms with E-state index in [9.17, 15) is 0 Å². The molecule has 1 aromatic heterocycles. The van der Waals surface area contributed by atoms with E-state index in [4.69, 9.17) is 11.6 Å². The van der Waals surface area contributed by atoms with Crippen LogP contribution >= 0.6 is 11.6 Å². The second-order valence-electron chi connectivity index (χ2n) is 4.20. The van der Waals surface area contributed by atoms with Crippen LogP contribution in [-0.2, 0) is 12.4 Å². The molecule has 0 saturated heterocycles. The highest BCUT2D eigenvalue weighted by atomic mass is 35.5. The molecule has 2 nitrogen and oxygen atoms in total. The number of rotatable bonds is 3. The van der Waals surface area contributed by atoms with Crippen LogP contribution in [0, 0.1) is 5.92 Å². The Hall–Kier alpha value is -1.02. The number of halogens is 1. The van der Waals surface area contributed by atoms with Gasteiger partial charge < -0.3 is 4.57 Å². The van der Waals surface area contributed by atoms with E-state index in [1.165, 1.54) is 18.4 Å². The Morgan fingerprint density at radius 2 is 2.13 bits per heavy atom. The summed E-state index contributed by atoms with van der Waals surface area (Å²) in [6, 6.07) is 8.26. The van der Waals surface area contributed by atoms with Gasteiger partial charge in [-0.3, -0.25) is 0 Å². The van der Waals surface area contributed by atoms with Crippen molar-refractivity contribution in [2.24, 2.45) is 5.92 Å². The molecule has 2 aromatic rings. The number of alkyl halides is 1. The lowest BCUT2D eigenvalue weighted by molar-refractivity contribution is 0.623. The van der Waals surface area contributed by atoms with E-state index in [2.05, 4.69) is 27.8 Å². The van der Waals surface area contributed by atoms with Crippen molar-refractivity contribution in [3.8, 4) is 0 Å². The van der Waals surface area contributed by atoms with Crippen LogP contribution in [0.25, 0.3) is 11.0 Å². The average Bonchev–Trinajstić information content (AvgIpc) is 3.01. The molecule has 0 N–H and O–H groups in total. The van der Waals surface area contributed by atoms with Crippen LogP contribution < -0.4 is 0 Å². The smallest absolute Gasteiger partial charge is 0.124 e. The van der Waals surface area contributed by atoms with E-state index in [0.717, 1.165) is 23.8 Å². The number of nitrogens with zero attached hydrogens (tertiary/aromatic N) is 2. The molecule has 0 spiro atoms. The quantitative estimate of drug-likeness (QED) is 0.727. The lowest BCUT2D eigenvalue weighted by atomic mass is 10.3. The third kappa shape index (κ3) is 1.63. The maximum absolute atomic E-state index is 5.92. The molecule has 78 valence electrons. The van der Waals surface area contributed by atoms with Gasteiger partial charge in [-0.1, -0.05) is 12.1 Å². The molecule has 1 saturated carbocycles. The molecule has 0 unspecified atom stereocenters. The fourth-order valence-electron chi connectivity index (χ4n) is 1.99. The molecule has 0 amide bonds. The zero-order valence-corrected chi connectivity index (χ0v) is 9.24. The van der Waals surface area contributed by atoms with Gasteiger partial charge in [-0.05, 0) is 30.9 Å². The first-order valence-electron chi connectivity index (χ1n) is 5.38. The molecule has 3 rings (SSSR count). The molecule has 1 fully saturated rings. The zero-order chi connectivity index (χ0) is 10.3. The minimum atomic E-state index is 0.501. The highest BCUT2D eigenvalue weighted by molar-refractivity contribution is 6.16. The van der Waals surface area contributed by atoms with Crippen LogP contribution in [0.4, 0.5) is 0 Å². The van der Waals surface area contributed by atoms with Crippen LogP contribution in [0.2, 0.25) is 0 Å². The number of fused-ring (bicyclic) bond motifs is 1. The minimum absolute atomic E-state index is 0.501. The Balaban J connectivity index is 2.12. The fraction of sp³-hybridized carbons (Fsp3) is 0.417. The number of imidazole rings is 1. The summed E-state index contributed by atoms with van der Waals surface area (Å²) in [5.74, 6) is 2.36. The van der Waals surface area contributed by atoms with Crippen LogP contribution in [-0.4, -0.2) is 9.55 Å². The third-order valence-corrected chi connectivity index (χ3v) is 3.23. The SMILES string of the molecule is ClCc1nc2ccccc2n1CC1CC1. The van der Waals surface area contributed by atoms with E-state index < -0.39 is 0 Å². The van der Waals surface area contributed by atoms with E-state index in [1.807, 2.05) is 6.07 Å². The molecule has 1 aliphatic rings. The fourth-order valence-corrected chi connectivity index (χ4v) is 2.19. The third-order valence-electron chi connectivity index (χ3n) is 2.99. The summed E-state index contributed by atoms with van der Waals surface area (Å²) in [6.45, 7) is 1.09. The molecular weight excluding hydrogens is 208 g/mol. The Morgan fingerprint density at radius 3 is 2.87 bits per heavy atom. The summed E-state index contributed by atoms with van der Waals surface area (Å²) >= 11 is 5.92. The van der Waals surface area contributed by atoms with E-state index in [0.29, 0.717) is 5.88 Å². The van der Waals surface area contributed by atoms with Crippen molar-refractivity contribution >= 4 is 22.6 Å². The number of hydrogen-bond acceptors (Lipinski definition) is 1. The van der Waals surface area contributed by atoms with Crippen molar-refractivity contribution in [3.05, 3.63) is 30.1 Å². The molecule has 0 radical (unpaired) electrons. The van der Waals surface area contributed by atoms with Gasteiger partial charge in [-0.15, -0.1) is 11.6 Å². The number of benzene rings is 1. The van der Waals surface area contributed by atoms with Gasteiger partial charge in [-0.25, -0.2) is 4.98 Å². The Bertz CT molecular complexity index is 485. The summed E-state index contributed by atoms with van der Waals surface area (Å²) in [6.07, 6.45) is 2.71. The number of aromatic nitrogens is 2. The first-order valence-corrected chi connectivity index (χ1v) is 5.92. The molecule has 0 bridgehead atoms. The van der Waals surface area contributed by atoms with Gasteiger partial charge in [0.15, 0.2) is 0 Å². The second kappa shape index (κ2) is 3.53. The van der Waals surface area contributed by atoms with Gasteiger partial charge in [0.05, 0.1) is 16.9 Å². The van der Waals surface area contributed by atoms with Gasteiger partial charge >= 0.3 is 0 Å². The predicted molar refractivity (Wildman–Crippen MR) is 62.0 cm³/mol. The second-order valence-corrected chi connectivity index (χ2v) is 4.47. The maximum atomic E-state index is 5.92. The van der Waals surface area contributed by atoms with Crippen molar-refractivity contribution < 1.29 is 0 Å². The number of para-hydroxylation sites is 2. The summed E-state index contributed by atoms with van der Waals surface area (Å²) in [5.41, 5.74) is 2.29. The molecule has 0 atom stereocenters.